The molecule has 0 atom stereocenters. The van der Waals surface area contributed by atoms with E-state index in [-0.39, 0.29) is 19.2 Å². The van der Waals surface area contributed by atoms with Crippen LogP contribution >= 0.6 is 0 Å². The van der Waals surface area contributed by atoms with Crippen LogP contribution in [0, 0.1) is 6.92 Å². The molecule has 116 valence electrons. The van der Waals surface area contributed by atoms with E-state index in [0.29, 0.717) is 6.61 Å². The van der Waals surface area contributed by atoms with Crippen molar-refractivity contribution in [3.05, 3.63) is 53.6 Å². The number of rotatable bonds is 6. The second-order valence-corrected chi connectivity index (χ2v) is 5.02. The highest BCUT2D eigenvalue weighted by atomic mass is 16.6. The van der Waals surface area contributed by atoms with E-state index in [1.54, 1.807) is 0 Å². The van der Waals surface area contributed by atoms with Crippen molar-refractivity contribution in [2.75, 3.05) is 13.2 Å². The molecule has 0 saturated heterocycles. The Bertz CT molecular complexity index is 649. The topological polar surface area (TPSA) is 55.8 Å². The van der Waals surface area contributed by atoms with Gasteiger partial charge in [-0.2, -0.15) is 0 Å². The van der Waals surface area contributed by atoms with Crippen LogP contribution in [0.2, 0.25) is 0 Å². The fourth-order valence-electron chi connectivity index (χ4n) is 2.23. The molecule has 0 radical (unpaired) electrons. The summed E-state index contributed by atoms with van der Waals surface area (Å²) in [6, 6.07) is 13.7. The first-order chi connectivity index (χ1) is 10.6. The van der Waals surface area contributed by atoms with Crippen molar-refractivity contribution in [3.8, 4) is 16.9 Å². The third kappa shape index (κ3) is 4.33. The maximum absolute atomic E-state index is 10.7. The van der Waals surface area contributed by atoms with E-state index in [1.807, 2.05) is 49.4 Å². The Labute approximate surface area is 130 Å². The average Bonchev–Trinajstić information content (AvgIpc) is 2.51. The summed E-state index contributed by atoms with van der Waals surface area (Å²) in [6.07, 6.45) is 0. The lowest BCUT2D eigenvalue weighted by molar-refractivity contribution is -0.141. The molecule has 4 nitrogen and oxygen atoms in total. The lowest BCUT2D eigenvalue weighted by Crippen LogP contribution is -2.09. The van der Waals surface area contributed by atoms with Crippen molar-refractivity contribution in [1.29, 1.82) is 0 Å². The molecule has 0 aliphatic rings. The van der Waals surface area contributed by atoms with E-state index in [4.69, 9.17) is 9.47 Å². The van der Waals surface area contributed by atoms with Crippen LogP contribution in [0.1, 0.15) is 18.1 Å². The van der Waals surface area contributed by atoms with E-state index in [2.05, 4.69) is 0 Å². The number of aliphatic hydroxyl groups excluding tert-OH is 1. The highest BCUT2D eigenvalue weighted by molar-refractivity contribution is 5.68. The van der Waals surface area contributed by atoms with E-state index >= 15 is 0 Å². The van der Waals surface area contributed by atoms with Crippen molar-refractivity contribution in [1.82, 2.24) is 0 Å². The predicted molar refractivity (Wildman–Crippen MR) is 84.7 cm³/mol. The van der Waals surface area contributed by atoms with Gasteiger partial charge in [0.1, 0.15) is 19.0 Å². The lowest BCUT2D eigenvalue weighted by atomic mass is 9.99. The molecule has 22 heavy (non-hydrogen) atoms. The largest absolute Gasteiger partial charge is 0.490 e. The zero-order valence-electron chi connectivity index (χ0n) is 12.8. The molecule has 0 spiro atoms. The number of ether oxygens (including phenoxy) is 2. The van der Waals surface area contributed by atoms with Gasteiger partial charge < -0.3 is 14.6 Å². The van der Waals surface area contributed by atoms with Crippen LogP contribution in [0.15, 0.2) is 42.5 Å². The molecule has 0 saturated carbocycles. The minimum atomic E-state index is -0.307. The van der Waals surface area contributed by atoms with E-state index in [1.165, 1.54) is 6.92 Å². The Morgan fingerprint density at radius 1 is 1.14 bits per heavy atom. The van der Waals surface area contributed by atoms with Gasteiger partial charge >= 0.3 is 5.97 Å². The molecule has 0 heterocycles. The summed E-state index contributed by atoms with van der Waals surface area (Å²) in [4.78, 5) is 10.7. The normalized spacial score (nSPS) is 10.3. The predicted octanol–water partition coefficient (Wildman–Crippen LogP) is 3.10. The van der Waals surface area contributed by atoms with Crippen molar-refractivity contribution < 1.29 is 19.4 Å². The van der Waals surface area contributed by atoms with Crippen molar-refractivity contribution in [2.45, 2.75) is 20.5 Å². The minimum Gasteiger partial charge on any atom is -0.490 e. The molecule has 0 amide bonds. The van der Waals surface area contributed by atoms with Crippen LogP contribution in [0.3, 0.4) is 0 Å². The summed E-state index contributed by atoms with van der Waals surface area (Å²) in [7, 11) is 0. The molecule has 0 fully saturated rings. The minimum absolute atomic E-state index is 0.0320. The van der Waals surface area contributed by atoms with Crippen LogP contribution in [0.5, 0.6) is 5.75 Å². The smallest absolute Gasteiger partial charge is 0.302 e. The third-order valence-electron chi connectivity index (χ3n) is 3.28. The van der Waals surface area contributed by atoms with E-state index in [0.717, 1.165) is 28.0 Å². The van der Waals surface area contributed by atoms with Gasteiger partial charge in [0.25, 0.3) is 0 Å². The molecular formula is C18H20O4. The third-order valence-corrected chi connectivity index (χ3v) is 3.28. The molecule has 2 rings (SSSR count). The summed E-state index contributed by atoms with van der Waals surface area (Å²) in [6.45, 7) is 4.00. The number of benzene rings is 2. The fourth-order valence-corrected chi connectivity index (χ4v) is 2.23. The molecule has 4 heteroatoms. The van der Waals surface area contributed by atoms with Crippen molar-refractivity contribution in [2.24, 2.45) is 0 Å². The van der Waals surface area contributed by atoms with Gasteiger partial charge in [-0.05, 0) is 47.4 Å². The molecule has 2 aromatic rings. The van der Waals surface area contributed by atoms with Gasteiger partial charge in [-0.3, -0.25) is 4.79 Å². The van der Waals surface area contributed by atoms with E-state index in [9.17, 15) is 9.90 Å². The molecule has 0 aliphatic carbocycles. The summed E-state index contributed by atoms with van der Waals surface area (Å²) < 4.78 is 10.4. The van der Waals surface area contributed by atoms with Gasteiger partial charge in [-0.25, -0.2) is 0 Å². The van der Waals surface area contributed by atoms with Gasteiger partial charge in [0.2, 0.25) is 0 Å². The number of carbonyl (C=O) groups is 1. The zero-order valence-corrected chi connectivity index (χ0v) is 12.8. The zero-order chi connectivity index (χ0) is 15.9. The number of aryl methyl sites for hydroxylation is 1. The maximum atomic E-state index is 10.7. The number of esters is 1. The Hall–Kier alpha value is -2.33. The van der Waals surface area contributed by atoms with Crippen LogP contribution in [0.25, 0.3) is 11.1 Å². The quantitative estimate of drug-likeness (QED) is 0.658. The van der Waals surface area contributed by atoms with Gasteiger partial charge in [-0.1, -0.05) is 24.3 Å². The second kappa shape index (κ2) is 7.61. The van der Waals surface area contributed by atoms with Crippen LogP contribution < -0.4 is 4.74 Å². The summed E-state index contributed by atoms with van der Waals surface area (Å²) in [5, 5.41) is 9.23. The van der Waals surface area contributed by atoms with Gasteiger partial charge in [0.15, 0.2) is 0 Å². The fraction of sp³-hybridized carbons (Fsp3) is 0.278. The standard InChI is InChI=1S/C18H20O4/c1-13-10-17(22-9-8-21-14(2)20)6-7-18(13)16-5-3-4-15(11-16)12-19/h3-7,10-11,19H,8-9,12H2,1-2H3. The Balaban J connectivity index is 2.07. The van der Waals surface area contributed by atoms with Gasteiger partial charge in [0, 0.05) is 6.92 Å². The van der Waals surface area contributed by atoms with Crippen LogP contribution in [0.4, 0.5) is 0 Å². The Morgan fingerprint density at radius 3 is 2.64 bits per heavy atom. The van der Waals surface area contributed by atoms with Gasteiger partial charge in [0.05, 0.1) is 6.61 Å². The summed E-state index contributed by atoms with van der Waals surface area (Å²) in [5.41, 5.74) is 4.14. The first-order valence-electron chi connectivity index (χ1n) is 7.17. The average molecular weight is 300 g/mol. The Kier molecular flexibility index (Phi) is 5.55. The second-order valence-electron chi connectivity index (χ2n) is 5.02. The monoisotopic (exact) mass is 300 g/mol. The number of hydrogen-bond acceptors (Lipinski definition) is 4. The molecule has 0 bridgehead atoms. The molecule has 0 aliphatic heterocycles. The first kappa shape index (κ1) is 16.0. The maximum Gasteiger partial charge on any atom is 0.302 e. The van der Waals surface area contributed by atoms with Crippen molar-refractivity contribution >= 4 is 5.97 Å². The summed E-state index contributed by atoms with van der Waals surface area (Å²) >= 11 is 0. The first-order valence-corrected chi connectivity index (χ1v) is 7.17. The number of hydrogen-bond donors (Lipinski definition) is 1. The number of carbonyl (C=O) groups excluding carboxylic acids is 1. The van der Waals surface area contributed by atoms with Crippen LogP contribution in [-0.2, 0) is 16.1 Å². The summed E-state index contributed by atoms with van der Waals surface area (Å²) in [5.74, 6) is 0.436. The van der Waals surface area contributed by atoms with Gasteiger partial charge in [-0.15, -0.1) is 0 Å². The molecule has 0 unspecified atom stereocenters. The lowest BCUT2D eigenvalue weighted by Gasteiger charge is -2.11. The molecule has 0 aromatic heterocycles. The van der Waals surface area contributed by atoms with E-state index < -0.39 is 0 Å². The highest BCUT2D eigenvalue weighted by Crippen LogP contribution is 2.27. The molecular weight excluding hydrogens is 280 g/mol. The Morgan fingerprint density at radius 2 is 1.95 bits per heavy atom. The van der Waals surface area contributed by atoms with Crippen molar-refractivity contribution in [3.63, 3.8) is 0 Å². The molecule has 1 N–H and O–H groups in total. The SMILES string of the molecule is CC(=O)OCCOc1ccc(-c2cccc(CO)c2)c(C)c1. The van der Waals surface area contributed by atoms with Crippen LogP contribution in [-0.4, -0.2) is 24.3 Å². The number of aliphatic hydroxyl groups is 1. The molecule has 2 aromatic carbocycles. The highest BCUT2D eigenvalue weighted by Gasteiger charge is 2.05.